The van der Waals surface area contributed by atoms with Gasteiger partial charge >= 0.3 is 0 Å². The van der Waals surface area contributed by atoms with Gasteiger partial charge in [-0.2, -0.15) is 0 Å². The third-order valence-corrected chi connectivity index (χ3v) is 3.51. The summed E-state index contributed by atoms with van der Waals surface area (Å²) in [6.45, 7) is 3.80. The molecule has 2 atom stereocenters. The molecule has 1 rings (SSSR count). The van der Waals surface area contributed by atoms with Crippen LogP contribution in [0.1, 0.15) is 51.9 Å². The van der Waals surface area contributed by atoms with Crippen LogP contribution in [0.2, 0.25) is 0 Å². The summed E-state index contributed by atoms with van der Waals surface area (Å²) in [5.41, 5.74) is 0. The van der Waals surface area contributed by atoms with Crippen molar-refractivity contribution in [3.8, 4) is 0 Å². The summed E-state index contributed by atoms with van der Waals surface area (Å²) < 4.78 is 5.55. The first-order valence-corrected chi connectivity index (χ1v) is 7.25. The Morgan fingerprint density at radius 3 is 2.89 bits per heavy atom. The average Bonchev–Trinajstić information content (AvgIpc) is 2.38. The van der Waals surface area contributed by atoms with Crippen LogP contribution >= 0.6 is 0 Å². The number of rotatable bonds is 8. The number of ether oxygens (including phenoxy) is 1. The van der Waals surface area contributed by atoms with Crippen LogP contribution in [-0.4, -0.2) is 36.9 Å². The van der Waals surface area contributed by atoms with Crippen molar-refractivity contribution in [1.82, 2.24) is 5.32 Å². The second-order valence-electron chi connectivity index (χ2n) is 5.16. The Labute approximate surface area is 110 Å². The Hall–Kier alpha value is -0.610. The van der Waals surface area contributed by atoms with Crippen LogP contribution in [0.15, 0.2) is 0 Å². The summed E-state index contributed by atoms with van der Waals surface area (Å²) in [4.78, 5) is 11.8. The van der Waals surface area contributed by atoms with Crippen molar-refractivity contribution in [2.75, 3.05) is 19.8 Å². The van der Waals surface area contributed by atoms with Gasteiger partial charge < -0.3 is 15.2 Å². The third kappa shape index (κ3) is 6.36. The van der Waals surface area contributed by atoms with E-state index in [-0.39, 0.29) is 18.6 Å². The fraction of sp³-hybridized carbons (Fsp3) is 0.929. The Morgan fingerprint density at radius 2 is 2.28 bits per heavy atom. The molecule has 0 spiro atoms. The zero-order chi connectivity index (χ0) is 13.2. The number of hydrogen-bond acceptors (Lipinski definition) is 3. The minimum Gasteiger partial charge on any atom is -0.396 e. The van der Waals surface area contributed by atoms with Gasteiger partial charge in [0.25, 0.3) is 0 Å². The van der Waals surface area contributed by atoms with E-state index in [0.717, 1.165) is 38.7 Å². The van der Waals surface area contributed by atoms with E-state index in [2.05, 4.69) is 12.2 Å². The number of nitrogens with one attached hydrogen (secondary N) is 1. The van der Waals surface area contributed by atoms with Gasteiger partial charge in [-0.05, 0) is 38.0 Å². The molecule has 4 heteroatoms. The lowest BCUT2D eigenvalue weighted by Gasteiger charge is -2.22. The van der Waals surface area contributed by atoms with E-state index < -0.39 is 0 Å². The maximum Gasteiger partial charge on any atom is 0.222 e. The molecule has 0 bridgehead atoms. The third-order valence-electron chi connectivity index (χ3n) is 3.51. The lowest BCUT2D eigenvalue weighted by Crippen LogP contribution is -2.33. The zero-order valence-electron chi connectivity index (χ0n) is 11.5. The minimum absolute atomic E-state index is 0.0842. The van der Waals surface area contributed by atoms with Crippen molar-refractivity contribution in [1.29, 1.82) is 0 Å². The molecule has 1 aliphatic rings. The van der Waals surface area contributed by atoms with Gasteiger partial charge in [-0.25, -0.2) is 0 Å². The largest absolute Gasteiger partial charge is 0.396 e. The Balaban J connectivity index is 2.17. The number of aliphatic hydroxyl groups excluding tert-OH is 1. The van der Waals surface area contributed by atoms with Gasteiger partial charge in [0.1, 0.15) is 0 Å². The van der Waals surface area contributed by atoms with E-state index in [9.17, 15) is 4.79 Å². The van der Waals surface area contributed by atoms with Crippen molar-refractivity contribution in [3.63, 3.8) is 0 Å². The minimum atomic E-state index is 0.0842. The molecule has 0 aliphatic carbocycles. The predicted octanol–water partition coefficient (Wildman–Crippen LogP) is 1.86. The summed E-state index contributed by atoms with van der Waals surface area (Å²) in [5, 5.41) is 11.9. The first kappa shape index (κ1) is 15.4. The van der Waals surface area contributed by atoms with Crippen LogP contribution in [-0.2, 0) is 9.53 Å². The second kappa shape index (κ2) is 9.34. The molecule has 0 radical (unpaired) electrons. The topological polar surface area (TPSA) is 58.6 Å². The van der Waals surface area contributed by atoms with E-state index in [1.807, 2.05) is 0 Å². The van der Waals surface area contributed by atoms with Gasteiger partial charge in [-0.1, -0.05) is 13.3 Å². The van der Waals surface area contributed by atoms with Gasteiger partial charge in [-0.15, -0.1) is 0 Å². The first-order valence-electron chi connectivity index (χ1n) is 7.25. The van der Waals surface area contributed by atoms with Gasteiger partial charge in [-0.3, -0.25) is 4.79 Å². The standard InChI is InChI=1S/C14H27NO3/c1-2-5-12(7-8-16)11-15-14(17)10-13-6-3-4-9-18-13/h12-13,16H,2-11H2,1H3,(H,15,17). The average molecular weight is 257 g/mol. The molecule has 0 aromatic carbocycles. The molecule has 1 aliphatic heterocycles. The van der Waals surface area contributed by atoms with Crippen molar-refractivity contribution in [2.45, 2.75) is 58.0 Å². The van der Waals surface area contributed by atoms with Crippen molar-refractivity contribution in [2.24, 2.45) is 5.92 Å². The molecule has 0 aromatic heterocycles. The molecule has 0 aromatic rings. The molecular formula is C14H27NO3. The van der Waals surface area contributed by atoms with E-state index in [4.69, 9.17) is 9.84 Å². The zero-order valence-corrected chi connectivity index (χ0v) is 11.5. The quantitative estimate of drug-likeness (QED) is 0.698. The first-order chi connectivity index (χ1) is 8.76. The molecule has 0 saturated carbocycles. The number of carbonyl (C=O) groups is 1. The fourth-order valence-electron chi connectivity index (χ4n) is 2.44. The molecule has 4 nitrogen and oxygen atoms in total. The molecule has 1 amide bonds. The highest BCUT2D eigenvalue weighted by Gasteiger charge is 2.18. The van der Waals surface area contributed by atoms with Gasteiger partial charge in [0.2, 0.25) is 5.91 Å². The summed E-state index contributed by atoms with van der Waals surface area (Å²) in [5.74, 6) is 0.483. The molecular weight excluding hydrogens is 230 g/mol. The summed E-state index contributed by atoms with van der Waals surface area (Å²) in [6.07, 6.45) is 6.80. The van der Waals surface area contributed by atoms with Gasteiger partial charge in [0.05, 0.1) is 12.5 Å². The van der Waals surface area contributed by atoms with E-state index in [0.29, 0.717) is 18.9 Å². The van der Waals surface area contributed by atoms with Crippen molar-refractivity contribution < 1.29 is 14.6 Å². The highest BCUT2D eigenvalue weighted by atomic mass is 16.5. The van der Waals surface area contributed by atoms with Crippen LogP contribution in [0.3, 0.4) is 0 Å². The Morgan fingerprint density at radius 1 is 1.44 bits per heavy atom. The maximum absolute atomic E-state index is 11.8. The molecule has 1 saturated heterocycles. The lowest BCUT2D eigenvalue weighted by molar-refractivity contribution is -0.125. The number of aliphatic hydroxyl groups is 1. The fourth-order valence-corrected chi connectivity index (χ4v) is 2.44. The van der Waals surface area contributed by atoms with Crippen molar-refractivity contribution in [3.05, 3.63) is 0 Å². The van der Waals surface area contributed by atoms with E-state index >= 15 is 0 Å². The smallest absolute Gasteiger partial charge is 0.222 e. The monoisotopic (exact) mass is 257 g/mol. The number of carbonyl (C=O) groups excluding carboxylic acids is 1. The number of amides is 1. The second-order valence-corrected chi connectivity index (χ2v) is 5.16. The van der Waals surface area contributed by atoms with E-state index in [1.165, 1.54) is 6.42 Å². The van der Waals surface area contributed by atoms with Crippen LogP contribution in [0.5, 0.6) is 0 Å². The van der Waals surface area contributed by atoms with Crippen LogP contribution in [0.25, 0.3) is 0 Å². The molecule has 2 unspecified atom stereocenters. The van der Waals surface area contributed by atoms with Gasteiger partial charge in [0.15, 0.2) is 0 Å². The maximum atomic E-state index is 11.8. The van der Waals surface area contributed by atoms with Crippen molar-refractivity contribution >= 4 is 5.91 Å². The van der Waals surface area contributed by atoms with Crippen LogP contribution in [0, 0.1) is 5.92 Å². The summed E-state index contributed by atoms with van der Waals surface area (Å²) >= 11 is 0. The molecule has 2 N–H and O–H groups in total. The molecule has 1 fully saturated rings. The van der Waals surface area contributed by atoms with E-state index in [1.54, 1.807) is 0 Å². The molecule has 18 heavy (non-hydrogen) atoms. The molecule has 106 valence electrons. The van der Waals surface area contributed by atoms with Gasteiger partial charge in [0, 0.05) is 19.8 Å². The number of hydrogen-bond donors (Lipinski definition) is 2. The Bertz CT molecular complexity index is 221. The SMILES string of the molecule is CCCC(CCO)CNC(=O)CC1CCCCO1. The predicted molar refractivity (Wildman–Crippen MR) is 71.3 cm³/mol. The summed E-state index contributed by atoms with van der Waals surface area (Å²) in [6, 6.07) is 0. The summed E-state index contributed by atoms with van der Waals surface area (Å²) in [7, 11) is 0. The highest BCUT2D eigenvalue weighted by molar-refractivity contribution is 5.76. The molecule has 1 heterocycles. The highest BCUT2D eigenvalue weighted by Crippen LogP contribution is 2.15. The van der Waals surface area contributed by atoms with Crippen LogP contribution < -0.4 is 5.32 Å². The normalized spacial score (nSPS) is 21.6. The van der Waals surface area contributed by atoms with Crippen LogP contribution in [0.4, 0.5) is 0 Å². The lowest BCUT2D eigenvalue weighted by atomic mass is 10.00. The Kier molecular flexibility index (Phi) is 8.01.